The lowest BCUT2D eigenvalue weighted by molar-refractivity contribution is -0.188. The van der Waals surface area contributed by atoms with Crippen LogP contribution in [-0.2, 0) is 27.1 Å². The topological polar surface area (TPSA) is 84.5 Å². The number of hydrogen-bond donors (Lipinski definition) is 1. The van der Waals surface area contributed by atoms with Crippen molar-refractivity contribution >= 4 is 5.91 Å². The molecule has 1 atom stereocenters. The number of nitrogens with one attached hydrogen (secondary N) is 1. The lowest BCUT2D eigenvalue weighted by Gasteiger charge is -2.48. The molecule has 2 fully saturated rings. The number of ether oxygens (including phenoxy) is 2. The predicted molar refractivity (Wildman–Crippen MR) is 97.2 cm³/mol. The number of H-pyrrole nitrogens is 1. The first-order valence-electron chi connectivity index (χ1n) is 9.52. The van der Waals surface area contributed by atoms with Crippen LogP contribution in [0.4, 0.5) is 0 Å². The Balaban J connectivity index is 1.65. The molecule has 0 unspecified atom stereocenters. The number of likely N-dealkylation sites (tertiary alicyclic amines) is 1. The highest BCUT2D eigenvalue weighted by Gasteiger charge is 2.45. The third kappa shape index (κ3) is 3.69. The Hall–Kier alpha value is -1.73. The number of amides is 1. The van der Waals surface area contributed by atoms with Crippen molar-refractivity contribution in [3.8, 4) is 0 Å². The van der Waals surface area contributed by atoms with Gasteiger partial charge in [-0.15, -0.1) is 0 Å². The maximum absolute atomic E-state index is 12.7. The molecule has 2 aliphatic heterocycles. The number of piperidine rings is 1. The summed E-state index contributed by atoms with van der Waals surface area (Å²) in [6.45, 7) is 5.76. The second-order valence-corrected chi connectivity index (χ2v) is 7.27. The Bertz CT molecular complexity index is 707. The van der Waals surface area contributed by atoms with E-state index in [0.29, 0.717) is 36.6 Å². The highest BCUT2D eigenvalue weighted by Crippen LogP contribution is 2.36. The van der Waals surface area contributed by atoms with Gasteiger partial charge in [0.15, 0.2) is 0 Å². The van der Waals surface area contributed by atoms with Gasteiger partial charge in [-0.1, -0.05) is 6.92 Å². The minimum atomic E-state index is -0.262. The van der Waals surface area contributed by atoms with Gasteiger partial charge < -0.3 is 19.4 Å². The number of aromatic amines is 1. The van der Waals surface area contributed by atoms with E-state index in [9.17, 15) is 9.59 Å². The molecule has 1 N–H and O–H groups in total. The van der Waals surface area contributed by atoms with Crippen LogP contribution in [0.2, 0.25) is 0 Å². The maximum Gasteiger partial charge on any atom is 0.254 e. The third-order valence-corrected chi connectivity index (χ3v) is 5.77. The summed E-state index contributed by atoms with van der Waals surface area (Å²) in [5.74, 6) is 0.632. The fourth-order valence-corrected chi connectivity index (χ4v) is 4.14. The Morgan fingerprint density at radius 3 is 2.77 bits per heavy atom. The zero-order chi connectivity index (χ0) is 18.7. The Morgan fingerprint density at radius 2 is 2.15 bits per heavy atom. The predicted octanol–water partition coefficient (Wildman–Crippen LogP) is 1.37. The fraction of sp³-hybridized carbons (Fsp3) is 0.737. The molecule has 1 amide bonds. The SMILES string of the molecule is CCc1nc(C)c(CC(=O)N2CCC3(CC2)OCCC[C@@H]3OC)c(=O)[nH]1. The van der Waals surface area contributed by atoms with E-state index in [1.54, 1.807) is 14.0 Å². The van der Waals surface area contributed by atoms with Crippen molar-refractivity contribution in [2.24, 2.45) is 0 Å². The molecule has 3 rings (SSSR count). The summed E-state index contributed by atoms with van der Waals surface area (Å²) in [7, 11) is 1.74. The van der Waals surface area contributed by atoms with E-state index in [2.05, 4.69) is 9.97 Å². The molecule has 1 aromatic heterocycles. The van der Waals surface area contributed by atoms with Crippen LogP contribution >= 0.6 is 0 Å². The first kappa shape index (κ1) is 19.0. The van der Waals surface area contributed by atoms with Crippen LogP contribution in [0.5, 0.6) is 0 Å². The molecular weight excluding hydrogens is 334 g/mol. The van der Waals surface area contributed by atoms with Crippen LogP contribution in [0.3, 0.4) is 0 Å². The van der Waals surface area contributed by atoms with Gasteiger partial charge in [-0.2, -0.15) is 0 Å². The van der Waals surface area contributed by atoms with E-state index in [0.717, 1.165) is 32.3 Å². The van der Waals surface area contributed by atoms with Crippen LogP contribution in [0, 0.1) is 6.92 Å². The van der Waals surface area contributed by atoms with Gasteiger partial charge in [-0.25, -0.2) is 4.98 Å². The molecule has 1 spiro atoms. The van der Waals surface area contributed by atoms with Gasteiger partial charge in [0, 0.05) is 44.5 Å². The summed E-state index contributed by atoms with van der Waals surface area (Å²) in [5, 5.41) is 0. The second kappa shape index (κ2) is 7.88. The minimum absolute atomic E-state index is 0.0238. The monoisotopic (exact) mass is 363 g/mol. The molecule has 7 nitrogen and oxygen atoms in total. The summed E-state index contributed by atoms with van der Waals surface area (Å²) in [6.07, 6.45) is 4.45. The normalized spacial score (nSPS) is 22.6. The smallest absolute Gasteiger partial charge is 0.254 e. The van der Waals surface area contributed by atoms with Gasteiger partial charge in [0.25, 0.3) is 5.56 Å². The average Bonchev–Trinajstić information content (AvgIpc) is 2.65. The van der Waals surface area contributed by atoms with E-state index in [4.69, 9.17) is 9.47 Å². The maximum atomic E-state index is 12.7. The molecule has 0 saturated carbocycles. The molecular formula is C19H29N3O4. The Labute approximate surface area is 154 Å². The largest absolute Gasteiger partial charge is 0.378 e. The van der Waals surface area contributed by atoms with Crippen molar-refractivity contribution < 1.29 is 14.3 Å². The Kier molecular flexibility index (Phi) is 5.77. The summed E-state index contributed by atoms with van der Waals surface area (Å²) < 4.78 is 11.7. The summed E-state index contributed by atoms with van der Waals surface area (Å²) in [6, 6.07) is 0. The summed E-state index contributed by atoms with van der Waals surface area (Å²) in [5.41, 5.74) is 0.645. The Morgan fingerprint density at radius 1 is 1.42 bits per heavy atom. The zero-order valence-electron chi connectivity index (χ0n) is 16.0. The molecule has 2 saturated heterocycles. The molecule has 1 aromatic rings. The molecule has 0 aromatic carbocycles. The van der Waals surface area contributed by atoms with E-state index in [1.807, 2.05) is 11.8 Å². The number of hydrogen-bond acceptors (Lipinski definition) is 5. The molecule has 0 aliphatic carbocycles. The number of aromatic nitrogens is 2. The number of carbonyl (C=O) groups excluding carboxylic acids is 1. The van der Waals surface area contributed by atoms with Crippen molar-refractivity contribution in [1.82, 2.24) is 14.9 Å². The second-order valence-electron chi connectivity index (χ2n) is 7.27. The van der Waals surface area contributed by atoms with Crippen molar-refractivity contribution in [3.63, 3.8) is 0 Å². The number of nitrogens with zero attached hydrogens (tertiary/aromatic N) is 2. The molecule has 144 valence electrons. The lowest BCUT2D eigenvalue weighted by Crippen LogP contribution is -2.56. The standard InChI is InChI=1S/C19H29N3O4/c1-4-16-20-13(2)14(18(24)21-16)12-17(23)22-9-7-19(8-10-22)15(25-3)6-5-11-26-19/h15H,4-12H2,1-3H3,(H,20,21,24)/t15-/m0/s1. The minimum Gasteiger partial charge on any atom is -0.378 e. The van der Waals surface area contributed by atoms with Gasteiger partial charge in [0.1, 0.15) is 5.82 Å². The number of rotatable bonds is 4. The van der Waals surface area contributed by atoms with Crippen LogP contribution in [0.1, 0.15) is 49.7 Å². The first-order valence-corrected chi connectivity index (χ1v) is 9.52. The van der Waals surface area contributed by atoms with E-state index >= 15 is 0 Å². The molecule has 2 aliphatic rings. The highest BCUT2D eigenvalue weighted by molar-refractivity contribution is 5.79. The molecule has 0 bridgehead atoms. The van der Waals surface area contributed by atoms with Crippen molar-refractivity contribution in [3.05, 3.63) is 27.4 Å². The highest BCUT2D eigenvalue weighted by atomic mass is 16.5. The fourth-order valence-electron chi connectivity index (χ4n) is 4.14. The molecule has 3 heterocycles. The van der Waals surface area contributed by atoms with E-state index in [-0.39, 0.29) is 29.6 Å². The van der Waals surface area contributed by atoms with Crippen LogP contribution in [0.15, 0.2) is 4.79 Å². The van der Waals surface area contributed by atoms with Gasteiger partial charge >= 0.3 is 0 Å². The molecule has 26 heavy (non-hydrogen) atoms. The molecule has 7 heteroatoms. The van der Waals surface area contributed by atoms with Crippen LogP contribution < -0.4 is 5.56 Å². The molecule has 0 radical (unpaired) electrons. The van der Waals surface area contributed by atoms with Gasteiger partial charge in [-0.05, 0) is 32.6 Å². The third-order valence-electron chi connectivity index (χ3n) is 5.77. The van der Waals surface area contributed by atoms with Crippen molar-refractivity contribution in [2.45, 2.75) is 64.1 Å². The summed E-state index contributed by atoms with van der Waals surface area (Å²) >= 11 is 0. The van der Waals surface area contributed by atoms with E-state index in [1.165, 1.54) is 0 Å². The van der Waals surface area contributed by atoms with Gasteiger partial charge in [0.05, 0.1) is 18.1 Å². The van der Waals surface area contributed by atoms with Crippen LogP contribution in [-0.4, -0.2) is 59.3 Å². The lowest BCUT2D eigenvalue weighted by atomic mass is 9.81. The summed E-state index contributed by atoms with van der Waals surface area (Å²) in [4.78, 5) is 34.0. The average molecular weight is 363 g/mol. The van der Waals surface area contributed by atoms with Crippen molar-refractivity contribution in [2.75, 3.05) is 26.8 Å². The number of methoxy groups -OCH3 is 1. The number of carbonyl (C=O) groups is 1. The van der Waals surface area contributed by atoms with Gasteiger partial charge in [-0.3, -0.25) is 9.59 Å². The quantitative estimate of drug-likeness (QED) is 0.873. The van der Waals surface area contributed by atoms with E-state index < -0.39 is 0 Å². The van der Waals surface area contributed by atoms with Crippen LogP contribution in [0.25, 0.3) is 0 Å². The van der Waals surface area contributed by atoms with Crippen molar-refractivity contribution in [1.29, 1.82) is 0 Å². The number of aryl methyl sites for hydroxylation is 2. The van der Waals surface area contributed by atoms with Gasteiger partial charge in [0.2, 0.25) is 5.91 Å². The zero-order valence-corrected chi connectivity index (χ0v) is 16.0. The first-order chi connectivity index (χ1) is 12.5.